The maximum Gasteiger partial charge on any atom is 0.319 e. The van der Waals surface area contributed by atoms with Crippen molar-refractivity contribution in [3.05, 3.63) is 24.3 Å². The van der Waals surface area contributed by atoms with Crippen LogP contribution in [0.1, 0.15) is 51.4 Å². The second-order valence-corrected chi connectivity index (χ2v) is 8.10. The van der Waals surface area contributed by atoms with Crippen molar-refractivity contribution in [1.82, 2.24) is 10.6 Å². The third-order valence-corrected chi connectivity index (χ3v) is 5.84. The number of rotatable bonds is 7. The van der Waals surface area contributed by atoms with Gasteiger partial charge in [0.2, 0.25) is 5.91 Å². The van der Waals surface area contributed by atoms with Crippen molar-refractivity contribution in [3.8, 4) is 5.75 Å². The molecule has 4 N–H and O–H groups in total. The van der Waals surface area contributed by atoms with Crippen molar-refractivity contribution in [2.45, 2.75) is 75.7 Å². The lowest BCUT2D eigenvalue weighted by atomic mass is 9.94. The minimum atomic E-state index is -0.534. The number of urea groups is 1. The first kappa shape index (κ1) is 22.4. The lowest BCUT2D eigenvalue weighted by Gasteiger charge is -2.36. The fourth-order valence-electron chi connectivity index (χ4n) is 4.20. The predicted octanol–water partition coefficient (Wildman–Crippen LogP) is 2.56. The van der Waals surface area contributed by atoms with Crippen LogP contribution in [0.3, 0.4) is 0 Å². The first-order chi connectivity index (χ1) is 14.6. The van der Waals surface area contributed by atoms with Crippen LogP contribution in [0.2, 0.25) is 0 Å². The normalized spacial score (nSPS) is 24.7. The second-order valence-electron chi connectivity index (χ2n) is 8.10. The van der Waals surface area contributed by atoms with Crippen molar-refractivity contribution in [1.29, 1.82) is 0 Å². The molecule has 1 aromatic rings. The molecule has 1 heterocycles. The molecular formula is C22H33N3O5. The highest BCUT2D eigenvalue weighted by atomic mass is 16.5. The monoisotopic (exact) mass is 419 g/mol. The van der Waals surface area contributed by atoms with Gasteiger partial charge in [-0.15, -0.1) is 0 Å². The maximum absolute atomic E-state index is 12.3. The number of nitrogens with one attached hydrogen (secondary N) is 3. The molecule has 3 amide bonds. The molecule has 0 unspecified atom stereocenters. The van der Waals surface area contributed by atoms with Crippen molar-refractivity contribution in [2.75, 3.05) is 19.0 Å². The molecule has 30 heavy (non-hydrogen) atoms. The van der Waals surface area contributed by atoms with Gasteiger partial charge in [-0.1, -0.05) is 19.3 Å². The largest absolute Gasteiger partial charge is 0.497 e. The van der Waals surface area contributed by atoms with Gasteiger partial charge in [-0.3, -0.25) is 4.79 Å². The molecule has 166 valence electrons. The molecule has 3 rings (SSSR count). The van der Waals surface area contributed by atoms with Gasteiger partial charge in [0.1, 0.15) is 11.9 Å². The van der Waals surface area contributed by atoms with E-state index in [9.17, 15) is 14.7 Å². The van der Waals surface area contributed by atoms with Crippen LogP contribution in [0, 0.1) is 0 Å². The lowest BCUT2D eigenvalue weighted by Crippen LogP contribution is -2.52. The average molecular weight is 420 g/mol. The summed E-state index contributed by atoms with van der Waals surface area (Å²) < 4.78 is 11.0. The van der Waals surface area contributed by atoms with Gasteiger partial charge in [-0.2, -0.15) is 0 Å². The Morgan fingerprint density at radius 1 is 1.07 bits per heavy atom. The highest BCUT2D eigenvalue weighted by Crippen LogP contribution is 2.23. The van der Waals surface area contributed by atoms with Crippen LogP contribution in [0.5, 0.6) is 5.75 Å². The molecular weight excluding hydrogens is 386 g/mol. The third-order valence-electron chi connectivity index (χ3n) is 5.84. The van der Waals surface area contributed by atoms with Crippen molar-refractivity contribution in [3.63, 3.8) is 0 Å². The Balaban J connectivity index is 1.43. The molecule has 0 bridgehead atoms. The van der Waals surface area contributed by atoms with E-state index in [0.717, 1.165) is 12.8 Å². The minimum absolute atomic E-state index is 0.00671. The maximum atomic E-state index is 12.3. The Labute approximate surface area is 177 Å². The Morgan fingerprint density at radius 3 is 2.47 bits per heavy atom. The minimum Gasteiger partial charge on any atom is -0.497 e. The van der Waals surface area contributed by atoms with Gasteiger partial charge in [-0.25, -0.2) is 4.79 Å². The van der Waals surface area contributed by atoms with Crippen LogP contribution in [-0.2, 0) is 9.53 Å². The number of methoxy groups -OCH3 is 1. The number of ether oxygens (including phenoxy) is 2. The molecule has 0 spiro atoms. The Hall–Kier alpha value is -2.32. The van der Waals surface area contributed by atoms with Gasteiger partial charge in [-0.05, 0) is 49.9 Å². The van der Waals surface area contributed by atoms with E-state index < -0.39 is 6.10 Å². The molecule has 8 nitrogen and oxygen atoms in total. The number of hydrogen-bond donors (Lipinski definition) is 4. The fraction of sp³-hybridized carbons (Fsp3) is 0.636. The van der Waals surface area contributed by atoms with Crippen LogP contribution in [0.4, 0.5) is 10.5 Å². The molecule has 1 aliphatic carbocycles. The van der Waals surface area contributed by atoms with Gasteiger partial charge in [0.25, 0.3) is 0 Å². The quantitative estimate of drug-likeness (QED) is 0.543. The Kier molecular flexibility index (Phi) is 8.33. The number of amides is 3. The van der Waals surface area contributed by atoms with Gasteiger partial charge >= 0.3 is 6.03 Å². The number of anilines is 1. The first-order valence-electron chi connectivity index (χ1n) is 10.8. The van der Waals surface area contributed by atoms with Crippen molar-refractivity contribution < 1.29 is 24.2 Å². The summed E-state index contributed by atoms with van der Waals surface area (Å²) in [7, 11) is 1.58. The van der Waals surface area contributed by atoms with Crippen LogP contribution >= 0.6 is 0 Å². The lowest BCUT2D eigenvalue weighted by molar-refractivity contribution is -0.131. The number of carbonyl (C=O) groups excluding carboxylic acids is 2. The van der Waals surface area contributed by atoms with Gasteiger partial charge < -0.3 is 30.5 Å². The smallest absolute Gasteiger partial charge is 0.319 e. The van der Waals surface area contributed by atoms with Gasteiger partial charge in [0, 0.05) is 11.7 Å². The Morgan fingerprint density at radius 2 is 1.80 bits per heavy atom. The summed E-state index contributed by atoms with van der Waals surface area (Å²) >= 11 is 0. The van der Waals surface area contributed by atoms with E-state index in [1.165, 1.54) is 19.3 Å². The molecule has 1 saturated carbocycles. The van der Waals surface area contributed by atoms with E-state index in [0.29, 0.717) is 24.3 Å². The van der Waals surface area contributed by atoms with Gasteiger partial charge in [0.05, 0.1) is 32.3 Å². The van der Waals surface area contributed by atoms with Crippen LogP contribution in [0.25, 0.3) is 0 Å². The van der Waals surface area contributed by atoms with E-state index in [2.05, 4.69) is 16.0 Å². The zero-order chi connectivity index (χ0) is 21.3. The van der Waals surface area contributed by atoms with E-state index in [-0.39, 0.29) is 43.2 Å². The van der Waals surface area contributed by atoms with Crippen molar-refractivity contribution >= 4 is 17.6 Å². The van der Waals surface area contributed by atoms with Crippen LogP contribution in [0.15, 0.2) is 24.3 Å². The van der Waals surface area contributed by atoms with E-state index in [1.54, 1.807) is 31.4 Å². The summed E-state index contributed by atoms with van der Waals surface area (Å²) in [5, 5.41) is 18.5. The molecule has 8 heteroatoms. The number of aliphatic hydroxyl groups excluding tert-OH is 1. The zero-order valence-corrected chi connectivity index (χ0v) is 17.6. The SMILES string of the molecule is COc1ccc(NC(=O)N[C@H]2CC[C@@H](CC(=O)NC3CCCCC3)O[C@H]2CO)cc1. The molecule has 1 aromatic carbocycles. The summed E-state index contributed by atoms with van der Waals surface area (Å²) in [4.78, 5) is 24.7. The molecule has 0 aromatic heterocycles. The van der Waals surface area contributed by atoms with Crippen LogP contribution in [-0.4, -0.2) is 55.1 Å². The molecule has 1 saturated heterocycles. The van der Waals surface area contributed by atoms with Crippen molar-refractivity contribution in [2.24, 2.45) is 0 Å². The summed E-state index contributed by atoms with van der Waals surface area (Å²) in [6.07, 6.45) is 6.49. The number of benzene rings is 1. The highest BCUT2D eigenvalue weighted by Gasteiger charge is 2.33. The molecule has 3 atom stereocenters. The molecule has 1 aliphatic heterocycles. The first-order valence-corrected chi connectivity index (χ1v) is 10.8. The summed E-state index contributed by atoms with van der Waals surface area (Å²) in [6.45, 7) is -0.214. The molecule has 2 fully saturated rings. The highest BCUT2D eigenvalue weighted by molar-refractivity contribution is 5.89. The number of carbonyl (C=O) groups is 2. The summed E-state index contributed by atoms with van der Waals surface area (Å²) in [5.41, 5.74) is 0.642. The number of aliphatic hydroxyl groups is 1. The summed E-state index contributed by atoms with van der Waals surface area (Å²) in [5.74, 6) is 0.716. The standard InChI is InChI=1S/C22H33N3O5/c1-29-17-9-7-16(8-10-17)24-22(28)25-19-12-11-18(30-20(19)14-26)13-21(27)23-15-5-3-2-4-6-15/h7-10,15,18-20,26H,2-6,11-14H2,1H3,(H,23,27)(H2,24,25,28)/t18-,19-,20-/m0/s1. The fourth-order valence-corrected chi connectivity index (χ4v) is 4.20. The summed E-state index contributed by atoms with van der Waals surface area (Å²) in [6, 6.07) is 6.63. The van der Waals surface area contributed by atoms with E-state index in [1.807, 2.05) is 0 Å². The van der Waals surface area contributed by atoms with E-state index in [4.69, 9.17) is 9.47 Å². The van der Waals surface area contributed by atoms with E-state index >= 15 is 0 Å². The van der Waals surface area contributed by atoms with Crippen LogP contribution < -0.4 is 20.7 Å². The predicted molar refractivity (Wildman–Crippen MR) is 114 cm³/mol. The Bertz CT molecular complexity index is 691. The second kappa shape index (κ2) is 11.2. The average Bonchev–Trinajstić information content (AvgIpc) is 2.76. The zero-order valence-electron chi connectivity index (χ0n) is 17.6. The number of hydrogen-bond acceptors (Lipinski definition) is 5. The third kappa shape index (κ3) is 6.60. The van der Waals surface area contributed by atoms with Gasteiger partial charge in [0.15, 0.2) is 0 Å². The molecule has 2 aliphatic rings. The topological polar surface area (TPSA) is 109 Å². The molecule has 0 radical (unpaired) electrons.